The van der Waals surface area contributed by atoms with Gasteiger partial charge in [0.2, 0.25) is 0 Å². The topological polar surface area (TPSA) is 14.1 Å². The van der Waals surface area contributed by atoms with Crippen LogP contribution in [0.5, 0.6) is 0 Å². The quantitative estimate of drug-likeness (QED) is 0.589. The van der Waals surface area contributed by atoms with Crippen LogP contribution >= 0.6 is 0 Å². The molecule has 0 unspecified atom stereocenters. The van der Waals surface area contributed by atoms with E-state index in [0.717, 1.165) is 0 Å². The number of aryl methyl sites for hydroxylation is 1. The number of aromatic nitrogens is 1. The third-order valence-corrected chi connectivity index (χ3v) is 3.11. The van der Waals surface area contributed by atoms with Gasteiger partial charge >= 0.3 is 0 Å². The van der Waals surface area contributed by atoms with Gasteiger partial charge in [0.15, 0.2) is 12.4 Å². The monoisotopic (exact) mass is 255 g/mol. The lowest BCUT2D eigenvalue weighted by Crippen LogP contribution is -3.00. The highest BCUT2D eigenvalue weighted by Gasteiger charge is 1.94. The van der Waals surface area contributed by atoms with Crippen molar-refractivity contribution in [2.24, 2.45) is 0 Å². The third kappa shape index (κ3) is 9.17. The van der Waals surface area contributed by atoms with E-state index in [-0.39, 0.29) is 12.4 Å². The van der Waals surface area contributed by atoms with Crippen LogP contribution in [0.2, 0.25) is 0 Å². The molecule has 0 aromatic carbocycles. The van der Waals surface area contributed by atoms with Gasteiger partial charge < -0.3 is 12.4 Å². The Balaban J connectivity index is 0.00000256. The van der Waals surface area contributed by atoms with Gasteiger partial charge in [0.1, 0.15) is 0 Å². The van der Waals surface area contributed by atoms with Crippen molar-refractivity contribution in [2.75, 3.05) is 0 Å². The highest BCUT2D eigenvalue weighted by molar-refractivity contribution is 5.06. The fourth-order valence-electron chi connectivity index (χ4n) is 2.05. The summed E-state index contributed by atoms with van der Waals surface area (Å²) in [5.41, 5.74) is 1.46. The standard InChI is InChI=1S/C15H25N.ClH/c1-2-3-4-5-6-7-8-9-10-15-11-13-16-14-12-15;/h11-14H,2-10H2,1H3;1H. The Labute approximate surface area is 112 Å². The van der Waals surface area contributed by atoms with Gasteiger partial charge in [-0.3, -0.25) is 0 Å². The number of nitrogens with one attached hydrogen (secondary N) is 1. The first-order valence-electron chi connectivity index (χ1n) is 6.88. The molecule has 1 aromatic heterocycles. The average Bonchev–Trinajstić information content (AvgIpc) is 2.34. The summed E-state index contributed by atoms with van der Waals surface area (Å²) in [6.07, 6.45) is 16.5. The first-order valence-corrected chi connectivity index (χ1v) is 6.88. The van der Waals surface area contributed by atoms with Crippen molar-refractivity contribution in [1.29, 1.82) is 0 Å². The fourth-order valence-corrected chi connectivity index (χ4v) is 2.05. The van der Waals surface area contributed by atoms with Gasteiger partial charge in [-0.2, -0.15) is 0 Å². The van der Waals surface area contributed by atoms with Gasteiger partial charge in [-0.05, 0) is 18.4 Å². The molecule has 0 fully saturated rings. The zero-order valence-electron chi connectivity index (χ0n) is 11.1. The first kappa shape index (κ1) is 16.4. The van der Waals surface area contributed by atoms with Crippen LogP contribution in [0.4, 0.5) is 0 Å². The van der Waals surface area contributed by atoms with Crippen molar-refractivity contribution < 1.29 is 17.4 Å². The predicted octanol–water partition coefficient (Wildman–Crippen LogP) is 1.19. The molecule has 98 valence electrons. The van der Waals surface area contributed by atoms with Crippen molar-refractivity contribution in [3.8, 4) is 0 Å². The van der Waals surface area contributed by atoms with E-state index in [0.29, 0.717) is 0 Å². The van der Waals surface area contributed by atoms with E-state index < -0.39 is 0 Å². The second-order valence-corrected chi connectivity index (χ2v) is 4.63. The molecule has 0 bridgehead atoms. The van der Waals surface area contributed by atoms with E-state index in [1.165, 1.54) is 63.4 Å². The van der Waals surface area contributed by atoms with Crippen molar-refractivity contribution in [3.05, 3.63) is 30.1 Å². The van der Waals surface area contributed by atoms with Crippen molar-refractivity contribution in [3.63, 3.8) is 0 Å². The summed E-state index contributed by atoms with van der Waals surface area (Å²) < 4.78 is 0. The number of aromatic amines is 1. The molecule has 0 saturated carbocycles. The summed E-state index contributed by atoms with van der Waals surface area (Å²) in [6.45, 7) is 2.28. The molecule has 1 N–H and O–H groups in total. The molecular weight excluding hydrogens is 230 g/mol. The lowest BCUT2D eigenvalue weighted by molar-refractivity contribution is -0.378. The van der Waals surface area contributed by atoms with Crippen LogP contribution in [0, 0.1) is 0 Å². The number of hydrogen-bond donors (Lipinski definition) is 0. The number of hydrogen-bond acceptors (Lipinski definition) is 0. The van der Waals surface area contributed by atoms with E-state index in [1.54, 1.807) is 0 Å². The molecule has 1 rings (SSSR count). The number of halogens is 1. The van der Waals surface area contributed by atoms with Crippen LogP contribution in [-0.4, -0.2) is 0 Å². The van der Waals surface area contributed by atoms with E-state index in [2.05, 4.69) is 24.0 Å². The summed E-state index contributed by atoms with van der Waals surface area (Å²) in [5, 5.41) is 0. The largest absolute Gasteiger partial charge is 1.00 e. The SMILES string of the molecule is CCCCCCCCCCc1cc[nH+]cc1.[Cl-]. The number of rotatable bonds is 9. The average molecular weight is 256 g/mol. The van der Waals surface area contributed by atoms with Crippen molar-refractivity contribution >= 4 is 0 Å². The van der Waals surface area contributed by atoms with Gasteiger partial charge in [0.05, 0.1) is 0 Å². The van der Waals surface area contributed by atoms with Gasteiger partial charge in [0, 0.05) is 12.1 Å². The van der Waals surface area contributed by atoms with Gasteiger partial charge in [-0.1, -0.05) is 51.9 Å². The Morgan fingerprint density at radius 3 is 1.94 bits per heavy atom. The van der Waals surface area contributed by atoms with Gasteiger partial charge in [0.25, 0.3) is 0 Å². The smallest absolute Gasteiger partial charge is 0.167 e. The minimum absolute atomic E-state index is 0. The number of unbranched alkanes of at least 4 members (excludes halogenated alkanes) is 7. The molecule has 0 atom stereocenters. The minimum Gasteiger partial charge on any atom is -1.00 e. The highest BCUT2D eigenvalue weighted by Crippen LogP contribution is 2.10. The van der Waals surface area contributed by atoms with Gasteiger partial charge in [-0.15, -0.1) is 0 Å². The lowest BCUT2D eigenvalue weighted by Gasteiger charge is -2.01. The Morgan fingerprint density at radius 2 is 1.35 bits per heavy atom. The molecule has 1 aromatic rings. The molecule has 0 amide bonds. The predicted molar refractivity (Wildman–Crippen MR) is 69.3 cm³/mol. The van der Waals surface area contributed by atoms with Crippen molar-refractivity contribution in [2.45, 2.75) is 64.7 Å². The summed E-state index contributed by atoms with van der Waals surface area (Å²) in [4.78, 5) is 3.06. The minimum atomic E-state index is 0. The molecule has 0 radical (unpaired) electrons. The van der Waals surface area contributed by atoms with E-state index >= 15 is 0 Å². The van der Waals surface area contributed by atoms with E-state index in [1.807, 2.05) is 12.4 Å². The maximum absolute atomic E-state index is 3.06. The zero-order valence-corrected chi connectivity index (χ0v) is 11.8. The summed E-state index contributed by atoms with van der Waals surface area (Å²) >= 11 is 0. The Kier molecular flexibility index (Phi) is 11.5. The Bertz CT molecular complexity index is 248. The Hall–Kier alpha value is -0.560. The maximum Gasteiger partial charge on any atom is 0.167 e. The molecule has 0 spiro atoms. The summed E-state index contributed by atoms with van der Waals surface area (Å²) in [7, 11) is 0. The third-order valence-electron chi connectivity index (χ3n) is 3.11. The molecule has 0 aliphatic carbocycles. The summed E-state index contributed by atoms with van der Waals surface area (Å²) in [5.74, 6) is 0. The molecule has 1 heterocycles. The van der Waals surface area contributed by atoms with E-state index in [9.17, 15) is 0 Å². The number of pyridine rings is 1. The lowest BCUT2D eigenvalue weighted by atomic mass is 10.0. The molecule has 0 aliphatic rings. The molecule has 0 aliphatic heterocycles. The Morgan fingerprint density at radius 1 is 0.824 bits per heavy atom. The van der Waals surface area contributed by atoms with Crippen LogP contribution in [0.25, 0.3) is 0 Å². The molecule has 1 nitrogen and oxygen atoms in total. The fraction of sp³-hybridized carbons (Fsp3) is 0.667. The number of H-pyrrole nitrogens is 1. The zero-order chi connectivity index (χ0) is 11.5. The second kappa shape index (κ2) is 11.9. The van der Waals surface area contributed by atoms with Gasteiger partial charge in [-0.25, -0.2) is 4.98 Å². The van der Waals surface area contributed by atoms with Crippen LogP contribution in [0.1, 0.15) is 63.9 Å². The van der Waals surface area contributed by atoms with Crippen molar-refractivity contribution in [1.82, 2.24) is 0 Å². The second-order valence-electron chi connectivity index (χ2n) is 4.63. The normalized spacial score (nSPS) is 9.94. The van der Waals surface area contributed by atoms with Crippen LogP contribution < -0.4 is 17.4 Å². The maximum atomic E-state index is 3.06. The highest BCUT2D eigenvalue weighted by atomic mass is 35.5. The van der Waals surface area contributed by atoms with Crippen LogP contribution in [0.15, 0.2) is 24.5 Å². The molecule has 0 saturated heterocycles. The van der Waals surface area contributed by atoms with E-state index in [4.69, 9.17) is 0 Å². The van der Waals surface area contributed by atoms with Crippen LogP contribution in [0.3, 0.4) is 0 Å². The molecular formula is C15H26ClN. The summed E-state index contributed by atoms with van der Waals surface area (Å²) in [6, 6.07) is 4.36. The van der Waals surface area contributed by atoms with Crippen LogP contribution in [-0.2, 0) is 6.42 Å². The molecule has 17 heavy (non-hydrogen) atoms. The molecule has 2 heteroatoms. The first-order chi connectivity index (χ1) is 7.93.